The Morgan fingerprint density at radius 1 is 1.16 bits per heavy atom. The summed E-state index contributed by atoms with van der Waals surface area (Å²) in [5.74, 6) is 0. The smallest absolute Gasteiger partial charge is 0.259 e. The Kier molecular flexibility index (Phi) is 11.6. The molecule has 0 aliphatic carbocycles. The van der Waals surface area contributed by atoms with Gasteiger partial charge in [-0.3, -0.25) is 0 Å². The van der Waals surface area contributed by atoms with Gasteiger partial charge >= 0.3 is 0 Å². The molecule has 0 saturated carbocycles. The third-order valence-electron chi connectivity index (χ3n) is 6.05. The zero-order valence-electron chi connectivity index (χ0n) is 21.6. The first-order valence-corrected chi connectivity index (χ1v) is 15.5. The third-order valence-corrected chi connectivity index (χ3v) is 12.6. The van der Waals surface area contributed by atoms with Crippen LogP contribution in [-0.2, 0) is 18.2 Å². The lowest BCUT2D eigenvalue weighted by atomic mass is 10.1. The quantitative estimate of drug-likeness (QED) is 0.184. The minimum absolute atomic E-state index is 0.0656. The molecule has 1 N–H and O–H groups in total. The molecule has 0 aromatic rings. The van der Waals surface area contributed by atoms with Gasteiger partial charge in [-0.1, -0.05) is 20.8 Å². The van der Waals surface area contributed by atoms with Crippen molar-refractivity contribution in [1.82, 2.24) is 9.99 Å². The van der Waals surface area contributed by atoms with E-state index in [1.54, 1.807) is 0 Å². The van der Waals surface area contributed by atoms with Gasteiger partial charge < -0.3 is 28.4 Å². The molecule has 1 aliphatic heterocycles. The van der Waals surface area contributed by atoms with Crippen LogP contribution in [0.4, 0.5) is 0 Å². The van der Waals surface area contributed by atoms with E-state index < -0.39 is 16.8 Å². The molecule has 0 aromatic carbocycles. The van der Waals surface area contributed by atoms with E-state index in [1.165, 1.54) is 0 Å². The molecule has 1 aliphatic rings. The van der Waals surface area contributed by atoms with Crippen molar-refractivity contribution in [2.24, 2.45) is 0 Å². The number of likely N-dealkylation sites (N-methyl/N-ethyl adjacent to an activating group) is 1. The van der Waals surface area contributed by atoms with Crippen LogP contribution < -0.4 is 5.32 Å². The van der Waals surface area contributed by atoms with Crippen LogP contribution in [0.25, 0.3) is 4.85 Å². The van der Waals surface area contributed by atoms with Gasteiger partial charge in [0, 0.05) is 18.6 Å². The number of rotatable bonds is 12. The monoisotopic (exact) mass is 475 g/mol. The van der Waals surface area contributed by atoms with E-state index in [0.29, 0.717) is 19.7 Å². The normalized spacial score (nSPS) is 26.1. The standard InChI is InChI=1S/C22H46N3O4PSi/c1-16(2)25(17(3)4)30(26-14-13-23-9)28-21-19(15-24-10)27-18(5)20(21)29-31(11,12)22(6,7)8/h16-21,24H,13-15H2,1-8,10-12H3/t18-,19+,20+,21?,30?/m0/s1. The summed E-state index contributed by atoms with van der Waals surface area (Å²) in [7, 11) is -1.46. The Labute approximate surface area is 193 Å². The maximum atomic E-state index is 7.10. The Morgan fingerprint density at radius 2 is 1.74 bits per heavy atom. The number of hydrogen-bond acceptors (Lipinski definition) is 6. The summed E-state index contributed by atoms with van der Waals surface area (Å²) in [5.41, 5.74) is 0. The highest BCUT2D eigenvalue weighted by molar-refractivity contribution is 7.44. The van der Waals surface area contributed by atoms with Gasteiger partial charge in [0.1, 0.15) is 18.8 Å². The fourth-order valence-electron chi connectivity index (χ4n) is 3.48. The van der Waals surface area contributed by atoms with Crippen molar-refractivity contribution < 1.29 is 18.2 Å². The molecule has 1 saturated heterocycles. The highest BCUT2D eigenvalue weighted by Gasteiger charge is 2.50. The van der Waals surface area contributed by atoms with Crippen LogP contribution in [0.5, 0.6) is 0 Å². The number of nitrogens with zero attached hydrogens (tertiary/aromatic N) is 2. The summed E-state index contributed by atoms with van der Waals surface area (Å²) in [6.45, 7) is 30.4. The Morgan fingerprint density at radius 3 is 2.19 bits per heavy atom. The third kappa shape index (κ3) is 8.01. The van der Waals surface area contributed by atoms with E-state index in [9.17, 15) is 0 Å². The second-order valence-corrected chi connectivity index (χ2v) is 16.5. The van der Waals surface area contributed by atoms with Crippen molar-refractivity contribution in [2.75, 3.05) is 26.7 Å². The molecule has 0 amide bonds. The van der Waals surface area contributed by atoms with E-state index in [2.05, 4.69) is 83.3 Å². The molecule has 1 rings (SSSR count). The summed E-state index contributed by atoms with van der Waals surface area (Å²) in [6, 6.07) is 0.502. The van der Waals surface area contributed by atoms with Gasteiger partial charge in [-0.15, -0.1) is 0 Å². The second-order valence-electron chi connectivity index (χ2n) is 10.4. The Hall–Kier alpha value is -0.103. The molecular formula is C22H46N3O4PSi. The van der Waals surface area contributed by atoms with Crippen molar-refractivity contribution >= 4 is 16.8 Å². The van der Waals surface area contributed by atoms with Gasteiger partial charge in [-0.25, -0.2) is 11.2 Å². The van der Waals surface area contributed by atoms with Crippen LogP contribution in [0, 0.1) is 6.57 Å². The highest BCUT2D eigenvalue weighted by atomic mass is 31.2. The van der Waals surface area contributed by atoms with E-state index in [4.69, 9.17) is 24.8 Å². The number of hydrogen-bond donors (Lipinski definition) is 1. The maximum absolute atomic E-state index is 7.10. The Bertz CT molecular complexity index is 572. The van der Waals surface area contributed by atoms with Crippen molar-refractivity contribution in [1.29, 1.82) is 0 Å². The van der Waals surface area contributed by atoms with E-state index in [1.807, 2.05) is 7.05 Å². The molecule has 5 atom stereocenters. The molecule has 1 fully saturated rings. The van der Waals surface area contributed by atoms with Gasteiger partial charge in [0.15, 0.2) is 8.32 Å². The highest BCUT2D eigenvalue weighted by Crippen LogP contribution is 2.50. The first-order valence-electron chi connectivity index (χ1n) is 11.5. The lowest BCUT2D eigenvalue weighted by molar-refractivity contribution is 0.0197. The first-order chi connectivity index (χ1) is 14.3. The van der Waals surface area contributed by atoms with Crippen LogP contribution in [-0.4, -0.2) is 76.2 Å². The number of nitrogens with one attached hydrogen (secondary N) is 1. The first kappa shape index (κ1) is 28.9. The lowest BCUT2D eigenvalue weighted by Gasteiger charge is -2.42. The topological polar surface area (TPSA) is 56.6 Å². The lowest BCUT2D eigenvalue weighted by Crippen LogP contribution is -2.50. The fraction of sp³-hybridized carbons (Fsp3) is 0.955. The van der Waals surface area contributed by atoms with Gasteiger partial charge in [-0.2, -0.15) is 0 Å². The second kappa shape index (κ2) is 12.4. The van der Waals surface area contributed by atoms with Gasteiger partial charge in [-0.05, 0) is 59.8 Å². The predicted molar refractivity (Wildman–Crippen MR) is 132 cm³/mol. The Balaban J connectivity index is 3.22. The molecule has 9 heteroatoms. The molecule has 31 heavy (non-hydrogen) atoms. The molecule has 182 valence electrons. The maximum Gasteiger partial charge on any atom is 0.259 e. The number of ether oxygens (including phenoxy) is 1. The molecule has 2 unspecified atom stereocenters. The van der Waals surface area contributed by atoms with Crippen molar-refractivity contribution in [3.63, 3.8) is 0 Å². The molecule has 0 radical (unpaired) electrons. The summed E-state index contributed by atoms with van der Waals surface area (Å²) in [5, 5.41) is 3.33. The molecule has 0 bridgehead atoms. The zero-order chi connectivity index (χ0) is 24.0. The van der Waals surface area contributed by atoms with Crippen molar-refractivity contribution in [2.45, 2.75) is 110 Å². The SMILES string of the molecule is [C-]#[N+]CCOP(OC1[C@@H](CNC)O[C@@H](C)[C@H]1O[Si](C)(C)C(C)(C)C)N(C(C)C)C(C)C. The predicted octanol–water partition coefficient (Wildman–Crippen LogP) is 5.05. The van der Waals surface area contributed by atoms with Gasteiger partial charge in [0.2, 0.25) is 6.54 Å². The van der Waals surface area contributed by atoms with E-state index >= 15 is 0 Å². The molecule has 0 aromatic heterocycles. The van der Waals surface area contributed by atoms with Crippen LogP contribution in [0.15, 0.2) is 0 Å². The average molecular weight is 476 g/mol. The van der Waals surface area contributed by atoms with Gasteiger partial charge in [0.05, 0.1) is 12.2 Å². The minimum atomic E-state index is -2.03. The zero-order valence-corrected chi connectivity index (χ0v) is 23.5. The minimum Gasteiger partial charge on any atom is -0.409 e. The summed E-state index contributed by atoms with van der Waals surface area (Å²) in [4.78, 5) is 3.44. The molecular weight excluding hydrogens is 429 g/mol. The van der Waals surface area contributed by atoms with Crippen LogP contribution in [0.3, 0.4) is 0 Å². The largest absolute Gasteiger partial charge is 0.409 e. The summed E-state index contributed by atoms with van der Waals surface area (Å²) >= 11 is 0. The summed E-state index contributed by atoms with van der Waals surface area (Å²) in [6.07, 6.45) is -0.583. The fourth-order valence-corrected chi connectivity index (χ4v) is 6.59. The van der Waals surface area contributed by atoms with Crippen molar-refractivity contribution in [3.05, 3.63) is 11.4 Å². The van der Waals surface area contributed by atoms with Crippen LogP contribution in [0.1, 0.15) is 55.4 Å². The summed E-state index contributed by atoms with van der Waals surface area (Å²) < 4.78 is 28.3. The molecule has 1 heterocycles. The van der Waals surface area contributed by atoms with E-state index in [-0.39, 0.29) is 41.5 Å². The molecule has 7 nitrogen and oxygen atoms in total. The van der Waals surface area contributed by atoms with Gasteiger partial charge in [0.25, 0.3) is 8.53 Å². The van der Waals surface area contributed by atoms with Crippen molar-refractivity contribution in [3.8, 4) is 0 Å². The van der Waals surface area contributed by atoms with E-state index in [0.717, 1.165) is 0 Å². The molecule has 0 spiro atoms. The van der Waals surface area contributed by atoms with Crippen LogP contribution >= 0.6 is 8.53 Å². The van der Waals surface area contributed by atoms with Crippen LogP contribution in [0.2, 0.25) is 18.1 Å². The average Bonchev–Trinajstić information content (AvgIpc) is 2.88.